The zero-order valence-electron chi connectivity index (χ0n) is 11.3. The third kappa shape index (κ3) is 3.88. The fourth-order valence-electron chi connectivity index (χ4n) is 1.65. The van der Waals surface area contributed by atoms with Crippen molar-refractivity contribution in [1.82, 2.24) is 29.9 Å². The molecule has 3 aromatic rings. The number of benzene rings is 1. The first-order valence-electron chi connectivity index (χ1n) is 6.02. The van der Waals surface area contributed by atoms with Crippen LogP contribution in [0.25, 0.3) is 11.4 Å². The molecule has 6 nitrogen and oxygen atoms in total. The summed E-state index contributed by atoms with van der Waals surface area (Å²) in [6, 6.07) is 6.23. The normalized spacial score (nSPS) is 9.50. The average molecular weight is 266 g/mol. The van der Waals surface area contributed by atoms with E-state index in [4.69, 9.17) is 0 Å². The van der Waals surface area contributed by atoms with Crippen LogP contribution in [0.4, 0.5) is 0 Å². The van der Waals surface area contributed by atoms with Crippen molar-refractivity contribution in [2.45, 2.75) is 13.8 Å². The van der Waals surface area contributed by atoms with Gasteiger partial charge in [-0.05, 0) is 19.4 Å². The lowest BCUT2D eigenvalue weighted by molar-refractivity contribution is 1.05. The summed E-state index contributed by atoms with van der Waals surface area (Å²) in [5.41, 5.74) is 3.51. The Balaban J connectivity index is 0.000000205. The molecule has 0 fully saturated rings. The zero-order chi connectivity index (χ0) is 14.2. The Morgan fingerprint density at radius 1 is 0.700 bits per heavy atom. The highest BCUT2D eigenvalue weighted by Crippen LogP contribution is 2.19. The minimum atomic E-state index is 0.734. The van der Waals surface area contributed by atoms with Gasteiger partial charge in [0.1, 0.15) is 31.6 Å². The topological polar surface area (TPSA) is 77.3 Å². The van der Waals surface area contributed by atoms with E-state index in [1.807, 2.05) is 6.07 Å². The molecule has 0 spiro atoms. The Kier molecular flexibility index (Phi) is 4.77. The van der Waals surface area contributed by atoms with Gasteiger partial charge in [0.25, 0.3) is 0 Å². The third-order valence-corrected chi connectivity index (χ3v) is 2.52. The lowest BCUT2D eigenvalue weighted by Gasteiger charge is -2.03. The largest absolute Gasteiger partial charge is 0.225 e. The van der Waals surface area contributed by atoms with Crippen LogP contribution in [-0.4, -0.2) is 29.9 Å². The minimum absolute atomic E-state index is 0.734. The van der Waals surface area contributed by atoms with E-state index in [1.165, 1.54) is 42.8 Å². The highest BCUT2D eigenvalue weighted by molar-refractivity contribution is 5.59. The number of hydrogen-bond acceptors (Lipinski definition) is 6. The Morgan fingerprint density at radius 2 is 1.25 bits per heavy atom. The van der Waals surface area contributed by atoms with Gasteiger partial charge < -0.3 is 0 Å². The molecule has 0 saturated heterocycles. The van der Waals surface area contributed by atoms with Gasteiger partial charge in [0.15, 0.2) is 5.82 Å². The third-order valence-electron chi connectivity index (χ3n) is 2.52. The molecular formula is C14H14N6. The Hall–Kier alpha value is -2.76. The van der Waals surface area contributed by atoms with Crippen LogP contribution in [0.3, 0.4) is 0 Å². The van der Waals surface area contributed by atoms with E-state index in [1.54, 1.807) is 0 Å². The van der Waals surface area contributed by atoms with Crippen LogP contribution >= 0.6 is 0 Å². The van der Waals surface area contributed by atoms with E-state index in [2.05, 4.69) is 55.9 Å². The highest BCUT2D eigenvalue weighted by Gasteiger charge is 2.03. The fourth-order valence-corrected chi connectivity index (χ4v) is 1.65. The smallest absolute Gasteiger partial charge is 0.162 e. The molecule has 0 aliphatic rings. The molecule has 20 heavy (non-hydrogen) atoms. The number of hydrogen-bond donors (Lipinski definition) is 0. The molecule has 0 aliphatic carbocycles. The molecule has 0 atom stereocenters. The van der Waals surface area contributed by atoms with Gasteiger partial charge in [0.2, 0.25) is 0 Å². The Labute approximate surface area is 117 Å². The summed E-state index contributed by atoms with van der Waals surface area (Å²) in [6.45, 7) is 4.14. The maximum atomic E-state index is 4.12. The quantitative estimate of drug-likeness (QED) is 0.670. The Morgan fingerprint density at radius 3 is 1.75 bits per heavy atom. The van der Waals surface area contributed by atoms with Gasteiger partial charge in [-0.3, -0.25) is 0 Å². The predicted molar refractivity (Wildman–Crippen MR) is 74.6 cm³/mol. The van der Waals surface area contributed by atoms with Gasteiger partial charge in [-0.2, -0.15) is 0 Å². The van der Waals surface area contributed by atoms with Crippen molar-refractivity contribution >= 4 is 0 Å². The number of nitrogens with zero attached hydrogens (tertiary/aromatic N) is 6. The van der Waals surface area contributed by atoms with E-state index in [9.17, 15) is 0 Å². The van der Waals surface area contributed by atoms with E-state index >= 15 is 0 Å². The van der Waals surface area contributed by atoms with Crippen LogP contribution in [-0.2, 0) is 0 Å². The van der Waals surface area contributed by atoms with Crippen LogP contribution in [0.15, 0.2) is 49.8 Å². The maximum absolute atomic E-state index is 4.12. The SMILES string of the molecule is Cc1ccc(-c2ncncn2)c(C)c1.c1ncncn1. The Bertz CT molecular complexity index is 616. The van der Waals surface area contributed by atoms with Crippen molar-refractivity contribution in [3.05, 3.63) is 61.0 Å². The van der Waals surface area contributed by atoms with E-state index in [-0.39, 0.29) is 0 Å². The molecule has 0 N–H and O–H groups in total. The highest BCUT2D eigenvalue weighted by atomic mass is 15.0. The van der Waals surface area contributed by atoms with Crippen LogP contribution in [0.5, 0.6) is 0 Å². The average Bonchev–Trinajstić information content (AvgIpc) is 2.50. The van der Waals surface area contributed by atoms with Gasteiger partial charge in [0, 0.05) is 5.56 Å². The molecule has 0 bridgehead atoms. The van der Waals surface area contributed by atoms with Crippen LogP contribution in [0.1, 0.15) is 11.1 Å². The van der Waals surface area contributed by atoms with E-state index in [0.717, 1.165) is 11.4 Å². The van der Waals surface area contributed by atoms with Crippen molar-refractivity contribution in [2.75, 3.05) is 0 Å². The molecular weight excluding hydrogens is 252 g/mol. The summed E-state index contributed by atoms with van der Waals surface area (Å²) in [6.07, 6.45) is 7.34. The summed E-state index contributed by atoms with van der Waals surface area (Å²) in [4.78, 5) is 22.7. The van der Waals surface area contributed by atoms with E-state index < -0.39 is 0 Å². The van der Waals surface area contributed by atoms with E-state index in [0.29, 0.717) is 0 Å². The molecule has 0 saturated carbocycles. The first kappa shape index (κ1) is 13.7. The second-order valence-electron chi connectivity index (χ2n) is 4.07. The first-order chi connectivity index (χ1) is 9.77. The monoisotopic (exact) mass is 266 g/mol. The van der Waals surface area contributed by atoms with Crippen molar-refractivity contribution in [3.8, 4) is 11.4 Å². The summed E-state index contributed by atoms with van der Waals surface area (Å²) in [5.74, 6) is 0.734. The van der Waals surface area contributed by atoms with Crippen LogP contribution < -0.4 is 0 Å². The number of rotatable bonds is 1. The second kappa shape index (κ2) is 6.98. The lowest BCUT2D eigenvalue weighted by Crippen LogP contribution is -1.91. The van der Waals surface area contributed by atoms with Crippen molar-refractivity contribution in [3.63, 3.8) is 0 Å². The minimum Gasteiger partial charge on any atom is -0.225 e. The molecule has 100 valence electrons. The summed E-state index contributed by atoms with van der Waals surface area (Å²) < 4.78 is 0. The molecule has 2 aromatic heterocycles. The van der Waals surface area contributed by atoms with Crippen LogP contribution in [0, 0.1) is 13.8 Å². The van der Waals surface area contributed by atoms with Gasteiger partial charge in [0.05, 0.1) is 0 Å². The van der Waals surface area contributed by atoms with Gasteiger partial charge >= 0.3 is 0 Å². The molecule has 0 aliphatic heterocycles. The summed E-state index contributed by atoms with van der Waals surface area (Å²) in [5, 5.41) is 0. The molecule has 3 rings (SSSR count). The van der Waals surface area contributed by atoms with Crippen molar-refractivity contribution in [2.24, 2.45) is 0 Å². The van der Waals surface area contributed by atoms with Crippen molar-refractivity contribution in [1.29, 1.82) is 0 Å². The number of aromatic nitrogens is 6. The van der Waals surface area contributed by atoms with Gasteiger partial charge in [-0.1, -0.05) is 23.8 Å². The van der Waals surface area contributed by atoms with Gasteiger partial charge in [-0.25, -0.2) is 29.9 Å². The molecule has 0 unspecified atom stereocenters. The fraction of sp³-hybridized carbons (Fsp3) is 0.143. The predicted octanol–water partition coefficient (Wildman–Crippen LogP) is 2.03. The zero-order valence-corrected chi connectivity index (χ0v) is 11.3. The molecule has 2 heterocycles. The standard InChI is InChI=1S/C11H11N3.C3H3N3/c1-8-3-4-10(9(2)5-8)11-13-6-12-7-14-11;1-4-2-6-3-5-1/h3-7H,1-2H3;1-3H. The molecule has 1 aromatic carbocycles. The molecule has 6 heteroatoms. The van der Waals surface area contributed by atoms with Crippen LogP contribution in [0.2, 0.25) is 0 Å². The lowest BCUT2D eigenvalue weighted by atomic mass is 10.1. The molecule has 0 amide bonds. The van der Waals surface area contributed by atoms with Crippen molar-refractivity contribution < 1.29 is 0 Å². The maximum Gasteiger partial charge on any atom is 0.162 e. The summed E-state index contributed by atoms with van der Waals surface area (Å²) in [7, 11) is 0. The summed E-state index contributed by atoms with van der Waals surface area (Å²) >= 11 is 0. The second-order valence-corrected chi connectivity index (χ2v) is 4.07. The van der Waals surface area contributed by atoms with Gasteiger partial charge in [-0.15, -0.1) is 0 Å². The molecule has 0 radical (unpaired) electrons. The number of aryl methyl sites for hydroxylation is 2. The first-order valence-corrected chi connectivity index (χ1v) is 6.02.